The molecule has 0 amide bonds. The van der Waals surface area contributed by atoms with Crippen LogP contribution in [-0.2, 0) is 10.8 Å². The van der Waals surface area contributed by atoms with Gasteiger partial charge in [0.1, 0.15) is 0 Å². The molecule has 11 rings (SSSR count). The number of fused-ring (bicyclic) bond motifs is 4. The lowest BCUT2D eigenvalue weighted by Crippen LogP contribution is -2.26. The third kappa shape index (κ3) is 6.74. The van der Waals surface area contributed by atoms with Crippen LogP contribution in [0, 0.1) is 0 Å². The van der Waals surface area contributed by atoms with Crippen molar-refractivity contribution in [1.82, 2.24) is 0 Å². The Hall–Kier alpha value is -8.16. The summed E-state index contributed by atoms with van der Waals surface area (Å²) in [5, 5.41) is 0. The van der Waals surface area contributed by atoms with Crippen LogP contribution in [0.3, 0.4) is 0 Å². The van der Waals surface area contributed by atoms with Gasteiger partial charge >= 0.3 is 0 Å². The molecule has 0 spiro atoms. The number of hydrogen-bond donors (Lipinski definition) is 0. The lowest BCUT2D eigenvalue weighted by Gasteiger charge is -2.36. The predicted molar refractivity (Wildman–Crippen MR) is 274 cm³/mol. The van der Waals surface area contributed by atoms with Gasteiger partial charge in [-0.15, -0.1) is 0 Å². The molecule has 8 aromatic rings. The summed E-state index contributed by atoms with van der Waals surface area (Å²) in [5.74, 6) is 0. The van der Waals surface area contributed by atoms with E-state index in [1.165, 1.54) is 44.5 Å². The smallest absolute Gasteiger partial charge is 0.0497 e. The van der Waals surface area contributed by atoms with Gasteiger partial charge < -0.3 is 0 Å². The standard InChI is InChI=1S/C66H48/c1-65(2)57-37-21-17-33-51(57)49(52-34-18-22-38-58(52)65)41-43-55-56(44-42-50-53-35-19-23-39-59(53)66(3,4)60-40-24-20-36-54(50)60)64(62(47-29-13-7-14-30-47)48-31-15-8-16-32-48)63(55)61(45-25-9-5-10-26-45)46-27-11-6-12-28-46/h5-40H,1-4H3. The molecule has 1 saturated carbocycles. The Balaban J connectivity index is 1.37. The van der Waals surface area contributed by atoms with E-state index < -0.39 is 0 Å². The van der Waals surface area contributed by atoms with Crippen molar-refractivity contribution in [2.75, 3.05) is 0 Å². The van der Waals surface area contributed by atoms with Crippen molar-refractivity contribution in [3.8, 4) is 0 Å². The Kier molecular flexibility index (Phi) is 10.1. The van der Waals surface area contributed by atoms with Gasteiger partial charge in [-0.2, -0.15) is 0 Å². The normalized spacial score (nSPS) is 14.8. The second-order valence-electron chi connectivity index (χ2n) is 18.4. The molecule has 8 aromatic carbocycles. The zero-order chi connectivity index (χ0) is 44.8. The van der Waals surface area contributed by atoms with Gasteiger partial charge in [-0.25, -0.2) is 0 Å². The average molecular weight is 841 g/mol. The summed E-state index contributed by atoms with van der Waals surface area (Å²) >= 11 is 0. The Labute approximate surface area is 389 Å². The Morgan fingerprint density at radius 3 is 0.727 bits per heavy atom. The zero-order valence-corrected chi connectivity index (χ0v) is 37.8. The molecule has 1 fully saturated rings. The molecule has 0 radical (unpaired) electrons. The van der Waals surface area contributed by atoms with Crippen molar-refractivity contribution < 1.29 is 0 Å². The highest BCUT2D eigenvalue weighted by Gasteiger charge is 2.39. The highest BCUT2D eigenvalue weighted by atomic mass is 14.4. The third-order valence-electron chi connectivity index (χ3n) is 13.9. The van der Waals surface area contributed by atoms with E-state index in [1.807, 2.05) is 0 Å². The summed E-state index contributed by atoms with van der Waals surface area (Å²) in [6.07, 6.45) is 0. The molecule has 3 aliphatic rings. The van der Waals surface area contributed by atoms with Crippen molar-refractivity contribution in [3.05, 3.63) is 330 Å². The largest absolute Gasteiger partial charge is 0.0622 e. The summed E-state index contributed by atoms with van der Waals surface area (Å²) in [7, 11) is 0. The Morgan fingerprint density at radius 2 is 0.470 bits per heavy atom. The highest BCUT2D eigenvalue weighted by molar-refractivity contribution is 6.04. The van der Waals surface area contributed by atoms with Crippen LogP contribution >= 0.6 is 0 Å². The van der Waals surface area contributed by atoms with Crippen LogP contribution in [0.5, 0.6) is 0 Å². The van der Waals surface area contributed by atoms with Crippen LogP contribution in [0.2, 0.25) is 0 Å². The Morgan fingerprint density at radius 1 is 0.258 bits per heavy atom. The molecule has 0 heterocycles. The molecule has 0 aromatic heterocycles. The van der Waals surface area contributed by atoms with E-state index in [1.54, 1.807) is 0 Å². The van der Waals surface area contributed by atoms with E-state index in [4.69, 9.17) is 0 Å². The van der Waals surface area contributed by atoms with Crippen molar-refractivity contribution >= 4 is 22.3 Å². The highest BCUT2D eigenvalue weighted by Crippen LogP contribution is 2.54. The van der Waals surface area contributed by atoms with E-state index >= 15 is 0 Å². The summed E-state index contributed by atoms with van der Waals surface area (Å²) < 4.78 is 0. The lowest BCUT2D eigenvalue weighted by molar-refractivity contribution is 0.630. The van der Waals surface area contributed by atoms with Gasteiger partial charge in [-0.3, -0.25) is 0 Å². The fourth-order valence-electron chi connectivity index (χ4n) is 10.6. The molecule has 0 N–H and O–H groups in total. The first-order valence-electron chi connectivity index (χ1n) is 23.0. The van der Waals surface area contributed by atoms with Gasteiger partial charge in [0.2, 0.25) is 0 Å². The van der Waals surface area contributed by atoms with Gasteiger partial charge in [0.15, 0.2) is 0 Å². The fraction of sp³-hybridized carbons (Fsp3) is 0.0909. The van der Waals surface area contributed by atoms with E-state index in [-0.39, 0.29) is 10.8 Å². The molecule has 0 heteroatoms. The van der Waals surface area contributed by atoms with Crippen molar-refractivity contribution in [2.24, 2.45) is 0 Å². The maximum absolute atomic E-state index is 3.93. The van der Waals surface area contributed by atoms with Crippen molar-refractivity contribution in [1.29, 1.82) is 0 Å². The zero-order valence-electron chi connectivity index (χ0n) is 37.8. The maximum atomic E-state index is 3.93. The van der Waals surface area contributed by atoms with Gasteiger partial charge in [0.05, 0.1) is 0 Å². The monoisotopic (exact) mass is 840 g/mol. The van der Waals surface area contributed by atoms with Crippen molar-refractivity contribution in [2.45, 2.75) is 38.5 Å². The topological polar surface area (TPSA) is 0 Å². The maximum Gasteiger partial charge on any atom is 0.0497 e. The van der Waals surface area contributed by atoms with E-state index in [0.29, 0.717) is 0 Å². The van der Waals surface area contributed by atoms with Gasteiger partial charge in [-0.05, 0) is 77.9 Å². The van der Waals surface area contributed by atoms with Crippen LogP contribution in [0.25, 0.3) is 22.3 Å². The summed E-state index contributed by atoms with van der Waals surface area (Å²) in [6, 6.07) is 78.5. The fourth-order valence-corrected chi connectivity index (χ4v) is 10.6. The van der Waals surface area contributed by atoms with Crippen LogP contribution in [0.15, 0.2) is 264 Å². The van der Waals surface area contributed by atoms with Crippen LogP contribution in [0.4, 0.5) is 0 Å². The average Bonchev–Trinajstić information content (AvgIpc) is 3.36. The summed E-state index contributed by atoms with van der Waals surface area (Å²) in [6.45, 7) is 9.32. The lowest BCUT2D eigenvalue weighted by atomic mass is 9.66. The van der Waals surface area contributed by atoms with Crippen LogP contribution < -0.4 is 0 Å². The summed E-state index contributed by atoms with van der Waals surface area (Å²) in [5.41, 5.74) is 38.0. The molecule has 312 valence electrons. The number of allylic oxidation sites excluding steroid dienone is 4. The first-order valence-corrected chi connectivity index (χ1v) is 23.0. The van der Waals surface area contributed by atoms with Gasteiger partial charge in [0.25, 0.3) is 0 Å². The Bertz CT molecular complexity index is 3080. The van der Waals surface area contributed by atoms with E-state index in [2.05, 4.69) is 269 Å². The number of hydrogen-bond acceptors (Lipinski definition) is 0. The number of rotatable bonds is 4. The first kappa shape index (κ1) is 40.6. The second kappa shape index (κ2) is 16.4. The van der Waals surface area contributed by atoms with E-state index in [0.717, 1.165) is 66.8 Å². The molecular weight excluding hydrogens is 793 g/mol. The molecule has 0 nitrogen and oxygen atoms in total. The molecule has 0 saturated heterocycles. The molecule has 3 aliphatic carbocycles. The second-order valence-corrected chi connectivity index (χ2v) is 18.4. The SMILES string of the molecule is CC1(C)c2ccccc2C(=C=C=C2C(=C=C=C3c4ccccc4C(C)(C)c4ccccc43)C(=C(c3ccccc3)c3ccccc3)C2=C(c2ccccc2)c2ccccc2)c2ccccc21. The molecular formula is C66H48. The minimum atomic E-state index is -0.182. The van der Waals surface area contributed by atoms with E-state index in [9.17, 15) is 0 Å². The van der Waals surface area contributed by atoms with Gasteiger partial charge in [0, 0.05) is 44.3 Å². The molecule has 0 unspecified atom stereocenters. The number of benzene rings is 8. The predicted octanol–water partition coefficient (Wildman–Crippen LogP) is 15.9. The molecule has 66 heavy (non-hydrogen) atoms. The van der Waals surface area contributed by atoms with Crippen molar-refractivity contribution in [3.63, 3.8) is 0 Å². The molecule has 0 atom stereocenters. The van der Waals surface area contributed by atoms with Gasteiger partial charge in [-0.1, -0.05) is 269 Å². The molecule has 0 bridgehead atoms. The quantitative estimate of drug-likeness (QED) is 0.155. The minimum absolute atomic E-state index is 0.182. The first-order chi connectivity index (χ1) is 32.3. The molecule has 0 aliphatic heterocycles. The third-order valence-corrected chi connectivity index (χ3v) is 13.9. The minimum Gasteiger partial charge on any atom is -0.0622 e. The summed E-state index contributed by atoms with van der Waals surface area (Å²) in [4.78, 5) is 0. The van der Waals surface area contributed by atoms with Crippen LogP contribution in [0.1, 0.15) is 94.5 Å². The van der Waals surface area contributed by atoms with Crippen LogP contribution in [-0.4, -0.2) is 0 Å².